The van der Waals surface area contributed by atoms with Crippen LogP contribution in [0.2, 0.25) is 0 Å². The number of fused-ring (bicyclic) bond motifs is 9. The van der Waals surface area contributed by atoms with E-state index in [-0.39, 0.29) is 5.41 Å². The van der Waals surface area contributed by atoms with Gasteiger partial charge in [0.1, 0.15) is 0 Å². The molecule has 3 nitrogen and oxygen atoms in total. The summed E-state index contributed by atoms with van der Waals surface area (Å²) < 4.78 is 2.25. The summed E-state index contributed by atoms with van der Waals surface area (Å²) in [5.74, 6) is 0.687. The van der Waals surface area contributed by atoms with Gasteiger partial charge in [0, 0.05) is 27.1 Å². The van der Waals surface area contributed by atoms with Crippen molar-refractivity contribution in [3.05, 3.63) is 139 Å². The van der Waals surface area contributed by atoms with Crippen LogP contribution in [0.4, 0.5) is 0 Å². The fourth-order valence-corrected chi connectivity index (χ4v) is 7.28. The number of rotatable bonds is 2. The maximum absolute atomic E-state index is 5.25. The van der Waals surface area contributed by atoms with E-state index in [0.29, 0.717) is 5.95 Å². The van der Waals surface area contributed by atoms with E-state index in [4.69, 9.17) is 9.97 Å². The van der Waals surface area contributed by atoms with Gasteiger partial charge in [-0.3, -0.25) is 4.57 Å². The van der Waals surface area contributed by atoms with Crippen LogP contribution in [-0.4, -0.2) is 14.5 Å². The molecule has 42 heavy (non-hydrogen) atoms. The van der Waals surface area contributed by atoms with Crippen molar-refractivity contribution < 1.29 is 0 Å². The number of nitrogens with zero attached hydrogens (tertiary/aromatic N) is 3. The summed E-state index contributed by atoms with van der Waals surface area (Å²) in [4.78, 5) is 10.4. The molecule has 3 heteroatoms. The molecule has 0 fully saturated rings. The van der Waals surface area contributed by atoms with Gasteiger partial charge in [0.15, 0.2) is 0 Å². The molecule has 8 aromatic rings. The van der Waals surface area contributed by atoms with E-state index in [9.17, 15) is 0 Å². The smallest absolute Gasteiger partial charge is 0.235 e. The Morgan fingerprint density at radius 1 is 0.548 bits per heavy atom. The third-order valence-corrected chi connectivity index (χ3v) is 9.17. The van der Waals surface area contributed by atoms with Crippen LogP contribution >= 0.6 is 0 Å². The van der Waals surface area contributed by atoms with Gasteiger partial charge in [-0.15, -0.1) is 0 Å². The van der Waals surface area contributed by atoms with Gasteiger partial charge in [-0.2, -0.15) is 0 Å². The second-order valence-corrected chi connectivity index (χ2v) is 11.9. The van der Waals surface area contributed by atoms with Crippen LogP contribution in [0.25, 0.3) is 71.8 Å². The number of aromatic nitrogens is 3. The van der Waals surface area contributed by atoms with Crippen LogP contribution in [0.5, 0.6) is 0 Å². The van der Waals surface area contributed by atoms with E-state index in [1.54, 1.807) is 0 Å². The van der Waals surface area contributed by atoms with Crippen LogP contribution < -0.4 is 0 Å². The van der Waals surface area contributed by atoms with Gasteiger partial charge in [0.25, 0.3) is 0 Å². The molecule has 0 bridgehead atoms. The summed E-state index contributed by atoms with van der Waals surface area (Å²) >= 11 is 0. The Morgan fingerprint density at radius 2 is 1.29 bits per heavy atom. The minimum atomic E-state index is -0.0798. The molecule has 0 N–H and O–H groups in total. The van der Waals surface area contributed by atoms with Gasteiger partial charge >= 0.3 is 0 Å². The lowest BCUT2D eigenvalue weighted by atomic mass is 9.80. The van der Waals surface area contributed by atoms with E-state index < -0.39 is 0 Å². The molecular weight excluding hydrogens is 510 g/mol. The van der Waals surface area contributed by atoms with Gasteiger partial charge in [-0.1, -0.05) is 117 Å². The monoisotopic (exact) mass is 537 g/mol. The molecule has 2 aromatic heterocycles. The van der Waals surface area contributed by atoms with Crippen LogP contribution in [0.1, 0.15) is 25.0 Å². The van der Waals surface area contributed by atoms with Crippen molar-refractivity contribution >= 4 is 43.5 Å². The predicted octanol–water partition coefficient (Wildman–Crippen LogP) is 9.85. The first-order valence-electron chi connectivity index (χ1n) is 14.5. The molecule has 0 amide bonds. The maximum atomic E-state index is 5.25. The summed E-state index contributed by atoms with van der Waals surface area (Å²) in [5, 5.41) is 6.02. The number of benzene rings is 6. The second-order valence-electron chi connectivity index (χ2n) is 11.9. The van der Waals surface area contributed by atoms with Crippen molar-refractivity contribution in [3.63, 3.8) is 0 Å². The Hall–Kier alpha value is -5.28. The lowest BCUT2D eigenvalue weighted by molar-refractivity contribution is 0.666. The van der Waals surface area contributed by atoms with Crippen molar-refractivity contribution in [2.45, 2.75) is 19.3 Å². The highest BCUT2D eigenvalue weighted by molar-refractivity contribution is 6.15. The number of para-hydroxylation sites is 2. The summed E-state index contributed by atoms with van der Waals surface area (Å²) in [6.45, 7) is 4.72. The normalized spacial score (nSPS) is 13.7. The van der Waals surface area contributed by atoms with E-state index >= 15 is 0 Å². The molecule has 0 aliphatic heterocycles. The van der Waals surface area contributed by atoms with Crippen molar-refractivity contribution in [2.75, 3.05) is 0 Å². The number of hydrogen-bond acceptors (Lipinski definition) is 2. The highest BCUT2D eigenvalue weighted by atomic mass is 15.2. The van der Waals surface area contributed by atoms with Crippen molar-refractivity contribution in [1.82, 2.24) is 14.5 Å². The van der Waals surface area contributed by atoms with Crippen LogP contribution in [-0.2, 0) is 5.41 Å². The molecule has 0 spiro atoms. The average Bonchev–Trinajstić information content (AvgIpc) is 3.48. The molecular formula is C39H27N3. The van der Waals surface area contributed by atoms with E-state index in [1.165, 1.54) is 43.8 Å². The molecule has 198 valence electrons. The molecule has 2 heterocycles. The van der Waals surface area contributed by atoms with Crippen LogP contribution in [0, 0.1) is 0 Å². The Balaban J connectivity index is 1.38. The van der Waals surface area contributed by atoms with Gasteiger partial charge in [0.05, 0.1) is 22.2 Å². The Bertz CT molecular complexity index is 2380. The first-order valence-corrected chi connectivity index (χ1v) is 14.5. The number of hydrogen-bond donors (Lipinski definition) is 0. The van der Waals surface area contributed by atoms with E-state index in [1.807, 2.05) is 12.1 Å². The van der Waals surface area contributed by atoms with Crippen molar-refractivity contribution in [2.24, 2.45) is 0 Å². The maximum Gasteiger partial charge on any atom is 0.235 e. The lowest BCUT2D eigenvalue weighted by Crippen LogP contribution is -2.15. The molecule has 0 saturated carbocycles. The Morgan fingerprint density at radius 3 is 2.17 bits per heavy atom. The van der Waals surface area contributed by atoms with Gasteiger partial charge in [0.2, 0.25) is 5.95 Å². The molecule has 9 rings (SSSR count). The third kappa shape index (κ3) is 3.11. The molecule has 1 aliphatic rings. The highest BCUT2D eigenvalue weighted by Crippen LogP contribution is 2.52. The molecule has 0 radical (unpaired) electrons. The topological polar surface area (TPSA) is 30.7 Å². The van der Waals surface area contributed by atoms with Gasteiger partial charge in [-0.05, 0) is 57.3 Å². The quantitative estimate of drug-likeness (QED) is 0.220. The molecule has 1 aliphatic carbocycles. The zero-order valence-electron chi connectivity index (χ0n) is 23.5. The Labute approximate surface area is 243 Å². The largest absolute Gasteiger partial charge is 0.278 e. The molecule has 6 aromatic carbocycles. The predicted molar refractivity (Wildman–Crippen MR) is 174 cm³/mol. The minimum Gasteiger partial charge on any atom is -0.278 e. The lowest BCUT2D eigenvalue weighted by Gasteiger charge is -2.23. The average molecular weight is 538 g/mol. The second kappa shape index (κ2) is 8.37. The standard InChI is InChI=1S/C39H27N3/c1-39(2)32-17-9-6-14-26(32)28-21-20-25-22-35-31(23-30(25)36(28)39)27-15-8-11-19-34(27)42(35)38-40-33-18-10-7-16-29(33)37(41-38)24-12-4-3-5-13-24/h3-23H,1-2H3. The zero-order valence-corrected chi connectivity index (χ0v) is 23.5. The van der Waals surface area contributed by atoms with Gasteiger partial charge in [-0.25, -0.2) is 9.97 Å². The SMILES string of the molecule is CC1(C)c2ccccc2-c2ccc3cc4c(cc3c21)c1ccccc1n4-c1nc(-c2ccccc2)c2ccccc2n1. The summed E-state index contributed by atoms with van der Waals surface area (Å²) in [6.07, 6.45) is 0. The Kier molecular flexibility index (Phi) is 4.67. The first-order chi connectivity index (χ1) is 20.6. The molecule has 0 atom stereocenters. The van der Waals surface area contributed by atoms with Crippen molar-refractivity contribution in [1.29, 1.82) is 0 Å². The zero-order chi connectivity index (χ0) is 28.0. The van der Waals surface area contributed by atoms with E-state index in [2.05, 4.69) is 134 Å². The summed E-state index contributed by atoms with van der Waals surface area (Å²) in [6, 6.07) is 45.6. The molecule has 0 saturated heterocycles. The minimum absolute atomic E-state index is 0.0798. The van der Waals surface area contributed by atoms with Crippen LogP contribution in [0.3, 0.4) is 0 Å². The third-order valence-electron chi connectivity index (χ3n) is 9.17. The fraction of sp³-hybridized carbons (Fsp3) is 0.0769. The van der Waals surface area contributed by atoms with E-state index in [0.717, 1.165) is 33.2 Å². The summed E-state index contributed by atoms with van der Waals surface area (Å²) in [5.41, 5.74) is 10.6. The van der Waals surface area contributed by atoms with Crippen molar-refractivity contribution in [3.8, 4) is 28.3 Å². The van der Waals surface area contributed by atoms with Gasteiger partial charge < -0.3 is 0 Å². The van der Waals surface area contributed by atoms with Crippen LogP contribution in [0.15, 0.2) is 127 Å². The molecule has 0 unspecified atom stereocenters. The summed E-state index contributed by atoms with van der Waals surface area (Å²) in [7, 11) is 0. The highest BCUT2D eigenvalue weighted by Gasteiger charge is 2.36. The first kappa shape index (κ1) is 23.4. The fourth-order valence-electron chi connectivity index (χ4n) is 7.28.